The zero-order valence-corrected chi connectivity index (χ0v) is 16.1. The van der Waals surface area contributed by atoms with Crippen molar-refractivity contribution in [3.8, 4) is 5.75 Å². The summed E-state index contributed by atoms with van der Waals surface area (Å²) in [5.74, 6) is 0.0223. The molecule has 0 saturated carbocycles. The number of nitrogens with zero attached hydrogens (tertiary/aromatic N) is 1. The Morgan fingerprint density at radius 1 is 1.29 bits per heavy atom. The van der Waals surface area contributed by atoms with Crippen molar-refractivity contribution in [3.63, 3.8) is 0 Å². The molecule has 1 fully saturated rings. The highest BCUT2D eigenvalue weighted by Gasteiger charge is 2.43. The van der Waals surface area contributed by atoms with Gasteiger partial charge in [-0.25, -0.2) is 0 Å². The van der Waals surface area contributed by atoms with Gasteiger partial charge in [-0.3, -0.25) is 9.59 Å². The first-order valence-electron chi connectivity index (χ1n) is 9.85. The Hall–Kier alpha value is -2.54. The second-order valence-corrected chi connectivity index (χ2v) is 7.61. The van der Waals surface area contributed by atoms with Crippen molar-refractivity contribution in [2.45, 2.75) is 44.1 Å². The van der Waals surface area contributed by atoms with Crippen LogP contribution in [0.3, 0.4) is 0 Å². The third kappa shape index (κ3) is 3.35. The van der Waals surface area contributed by atoms with Crippen molar-refractivity contribution in [3.05, 3.63) is 29.5 Å². The van der Waals surface area contributed by atoms with Crippen LogP contribution in [-0.4, -0.2) is 53.7 Å². The maximum Gasteiger partial charge on any atom is 0.303 e. The van der Waals surface area contributed by atoms with Crippen molar-refractivity contribution in [1.82, 2.24) is 9.88 Å². The first-order chi connectivity index (χ1) is 13.5. The fourth-order valence-corrected chi connectivity index (χ4v) is 4.48. The summed E-state index contributed by atoms with van der Waals surface area (Å²) in [6.45, 7) is 1.93. The largest absolute Gasteiger partial charge is 0.497 e. The predicted octanol–water partition coefficient (Wildman–Crippen LogP) is 2.82. The third-order valence-electron chi connectivity index (χ3n) is 6.00. The minimum atomic E-state index is -0.857. The van der Waals surface area contributed by atoms with E-state index < -0.39 is 5.97 Å². The lowest BCUT2D eigenvalue weighted by molar-refractivity contribution is -0.141. The monoisotopic (exact) mass is 386 g/mol. The lowest BCUT2D eigenvalue weighted by Gasteiger charge is -2.43. The minimum absolute atomic E-state index is 0.0357. The highest BCUT2D eigenvalue weighted by Crippen LogP contribution is 2.44. The number of likely N-dealkylation sites (tertiary alicyclic amines) is 1. The quantitative estimate of drug-likeness (QED) is 0.824. The molecule has 28 heavy (non-hydrogen) atoms. The number of aromatic nitrogens is 1. The molecule has 2 aromatic rings. The van der Waals surface area contributed by atoms with E-state index in [0.717, 1.165) is 36.2 Å². The number of H-pyrrole nitrogens is 1. The van der Waals surface area contributed by atoms with Crippen LogP contribution < -0.4 is 4.74 Å². The van der Waals surface area contributed by atoms with E-state index >= 15 is 0 Å². The summed E-state index contributed by atoms with van der Waals surface area (Å²) < 4.78 is 11.7. The molecule has 1 aromatic carbocycles. The van der Waals surface area contributed by atoms with Gasteiger partial charge in [-0.05, 0) is 49.4 Å². The summed E-state index contributed by atoms with van der Waals surface area (Å²) in [5, 5.41) is 9.92. The zero-order valence-electron chi connectivity index (χ0n) is 16.1. The fourth-order valence-electron chi connectivity index (χ4n) is 4.48. The van der Waals surface area contributed by atoms with Crippen LogP contribution >= 0.6 is 0 Å². The van der Waals surface area contributed by atoms with Crippen LogP contribution in [-0.2, 0) is 26.3 Å². The molecule has 1 saturated heterocycles. The van der Waals surface area contributed by atoms with Gasteiger partial charge < -0.3 is 24.5 Å². The normalized spacial score (nSPS) is 18.2. The number of amides is 1. The summed E-state index contributed by atoms with van der Waals surface area (Å²) in [5.41, 5.74) is 3.14. The number of carbonyl (C=O) groups is 2. The van der Waals surface area contributed by atoms with E-state index in [-0.39, 0.29) is 24.3 Å². The second kappa shape index (κ2) is 7.47. The summed E-state index contributed by atoms with van der Waals surface area (Å²) in [4.78, 5) is 28.4. The Morgan fingerprint density at radius 3 is 2.79 bits per heavy atom. The Morgan fingerprint density at radius 2 is 2.07 bits per heavy atom. The van der Waals surface area contributed by atoms with Crippen molar-refractivity contribution >= 4 is 22.8 Å². The van der Waals surface area contributed by atoms with Crippen molar-refractivity contribution in [1.29, 1.82) is 0 Å². The van der Waals surface area contributed by atoms with Crippen LogP contribution in [0.1, 0.15) is 43.4 Å². The van der Waals surface area contributed by atoms with Gasteiger partial charge in [0.15, 0.2) is 0 Å². The molecule has 0 bridgehead atoms. The Balaban J connectivity index is 1.51. The SMILES string of the molecule is COc1ccc2[nH]c3c(c2c1)CCOC31CCN(C(=O)CCCC(=O)O)CC1. The molecule has 2 aliphatic rings. The first-order valence-corrected chi connectivity index (χ1v) is 9.85. The molecule has 1 aromatic heterocycles. The van der Waals surface area contributed by atoms with E-state index in [1.165, 1.54) is 10.9 Å². The number of nitrogens with one attached hydrogen (secondary N) is 1. The standard InChI is InChI=1S/C21H26N2O5/c1-27-14-5-6-17-16(13-14)15-7-12-28-21(20(15)22-17)8-10-23(11-9-21)18(24)3-2-4-19(25)26/h5-6,13,22H,2-4,7-12H2,1H3,(H,25,26). The summed E-state index contributed by atoms with van der Waals surface area (Å²) in [6.07, 6.45) is 3.07. The molecule has 4 rings (SSSR count). The number of hydrogen-bond donors (Lipinski definition) is 2. The van der Waals surface area contributed by atoms with E-state index in [4.69, 9.17) is 14.6 Å². The molecule has 0 unspecified atom stereocenters. The van der Waals surface area contributed by atoms with Crippen LogP contribution in [0.5, 0.6) is 5.75 Å². The predicted molar refractivity (Wildman–Crippen MR) is 103 cm³/mol. The first kappa shape index (κ1) is 18.8. The Kier molecular flexibility index (Phi) is 5.02. The van der Waals surface area contributed by atoms with E-state index in [0.29, 0.717) is 26.1 Å². The lowest BCUT2D eigenvalue weighted by Crippen LogP contribution is -2.48. The average molecular weight is 386 g/mol. The highest BCUT2D eigenvalue weighted by molar-refractivity contribution is 5.86. The number of hydrogen-bond acceptors (Lipinski definition) is 4. The van der Waals surface area contributed by atoms with Crippen molar-refractivity contribution < 1.29 is 24.2 Å². The number of aromatic amines is 1. The number of carbonyl (C=O) groups excluding carboxylic acids is 1. The smallest absolute Gasteiger partial charge is 0.303 e. The van der Waals surface area contributed by atoms with Gasteiger partial charge in [-0.2, -0.15) is 0 Å². The van der Waals surface area contributed by atoms with E-state index in [1.54, 1.807) is 7.11 Å². The van der Waals surface area contributed by atoms with Gasteiger partial charge in [0.1, 0.15) is 11.4 Å². The highest BCUT2D eigenvalue weighted by atomic mass is 16.5. The maximum absolute atomic E-state index is 12.4. The summed E-state index contributed by atoms with van der Waals surface area (Å²) in [7, 11) is 1.67. The van der Waals surface area contributed by atoms with Gasteiger partial charge in [0.05, 0.1) is 19.4 Å². The van der Waals surface area contributed by atoms with Crippen LogP contribution in [0.25, 0.3) is 10.9 Å². The Bertz CT molecular complexity index is 896. The van der Waals surface area contributed by atoms with Crippen molar-refractivity contribution in [2.75, 3.05) is 26.8 Å². The lowest BCUT2D eigenvalue weighted by atomic mass is 9.83. The number of aliphatic carboxylic acids is 1. The van der Waals surface area contributed by atoms with Crippen LogP contribution in [0, 0.1) is 0 Å². The van der Waals surface area contributed by atoms with Gasteiger partial charge in [0.2, 0.25) is 5.91 Å². The minimum Gasteiger partial charge on any atom is -0.497 e. The molecule has 2 aliphatic heterocycles. The van der Waals surface area contributed by atoms with E-state index in [2.05, 4.69) is 11.1 Å². The van der Waals surface area contributed by atoms with Gasteiger partial charge in [0, 0.05) is 36.8 Å². The number of carboxylic acids is 1. The third-order valence-corrected chi connectivity index (χ3v) is 6.00. The molecule has 150 valence electrons. The summed E-state index contributed by atoms with van der Waals surface area (Å²) >= 11 is 0. The number of piperidine rings is 1. The number of benzene rings is 1. The van der Waals surface area contributed by atoms with Gasteiger partial charge in [0.25, 0.3) is 0 Å². The van der Waals surface area contributed by atoms with Crippen LogP contribution in [0.2, 0.25) is 0 Å². The van der Waals surface area contributed by atoms with Gasteiger partial charge >= 0.3 is 5.97 Å². The second-order valence-electron chi connectivity index (χ2n) is 7.61. The molecule has 1 amide bonds. The number of carboxylic acid groups (broad SMARTS) is 1. The molecule has 2 N–H and O–H groups in total. The molecule has 0 radical (unpaired) electrons. The maximum atomic E-state index is 12.4. The van der Waals surface area contributed by atoms with Crippen molar-refractivity contribution in [2.24, 2.45) is 0 Å². The number of methoxy groups -OCH3 is 1. The fraction of sp³-hybridized carbons (Fsp3) is 0.524. The number of rotatable bonds is 5. The topological polar surface area (TPSA) is 91.9 Å². The molecule has 7 heteroatoms. The molecule has 0 atom stereocenters. The van der Waals surface area contributed by atoms with Crippen LogP contribution in [0.4, 0.5) is 0 Å². The molecule has 0 aliphatic carbocycles. The molecule has 3 heterocycles. The molecule has 7 nitrogen and oxygen atoms in total. The van der Waals surface area contributed by atoms with Crippen LogP contribution in [0.15, 0.2) is 18.2 Å². The van der Waals surface area contributed by atoms with Gasteiger partial charge in [-0.1, -0.05) is 0 Å². The number of fused-ring (bicyclic) bond motifs is 4. The molecule has 1 spiro atoms. The number of ether oxygens (including phenoxy) is 2. The average Bonchev–Trinajstić information content (AvgIpc) is 3.08. The summed E-state index contributed by atoms with van der Waals surface area (Å²) in [6, 6.07) is 6.07. The van der Waals surface area contributed by atoms with Gasteiger partial charge in [-0.15, -0.1) is 0 Å². The zero-order chi connectivity index (χ0) is 19.7. The molecular formula is C21H26N2O5. The van der Waals surface area contributed by atoms with E-state index in [1.807, 2.05) is 17.0 Å². The van der Waals surface area contributed by atoms with E-state index in [9.17, 15) is 9.59 Å². The Labute approximate surface area is 163 Å². The molecular weight excluding hydrogens is 360 g/mol.